The number of amides is 1. The summed E-state index contributed by atoms with van der Waals surface area (Å²) in [6, 6.07) is 11.0. The first kappa shape index (κ1) is 23.5. The monoisotopic (exact) mass is 461 g/mol. The fourth-order valence-corrected chi connectivity index (χ4v) is 4.98. The third-order valence-electron chi connectivity index (χ3n) is 6.36. The van der Waals surface area contributed by atoms with Crippen molar-refractivity contribution in [2.75, 3.05) is 19.5 Å². The van der Waals surface area contributed by atoms with E-state index in [9.17, 15) is 9.59 Å². The number of Topliss-reactive ketones (excluding diaryl/α,β-unsaturated/α-hetero) is 1. The summed E-state index contributed by atoms with van der Waals surface area (Å²) in [7, 11) is 3.14. The number of benzene rings is 1. The van der Waals surface area contributed by atoms with Crippen molar-refractivity contribution in [3.8, 4) is 11.5 Å². The zero-order valence-corrected chi connectivity index (χ0v) is 20.5. The third-order valence-corrected chi connectivity index (χ3v) is 6.36. The second kappa shape index (κ2) is 8.97. The molecule has 1 aliphatic heterocycles. The van der Waals surface area contributed by atoms with E-state index in [1.165, 1.54) is 0 Å². The van der Waals surface area contributed by atoms with Gasteiger partial charge in [-0.1, -0.05) is 32.0 Å². The number of allylic oxidation sites excluding steroid dienone is 3. The van der Waals surface area contributed by atoms with Crippen molar-refractivity contribution in [3.05, 3.63) is 70.2 Å². The normalized spacial score (nSPS) is 19.4. The van der Waals surface area contributed by atoms with Crippen LogP contribution in [0.25, 0.3) is 0 Å². The van der Waals surface area contributed by atoms with Gasteiger partial charge in [0.1, 0.15) is 5.82 Å². The average Bonchev–Trinajstić information content (AvgIpc) is 2.76. The lowest BCUT2D eigenvalue weighted by molar-refractivity contribution is -0.118. The molecule has 1 aromatic carbocycles. The number of para-hydroxylation sites is 1. The van der Waals surface area contributed by atoms with Gasteiger partial charge in [-0.2, -0.15) is 0 Å². The van der Waals surface area contributed by atoms with Crippen molar-refractivity contribution in [2.45, 2.75) is 46.5 Å². The van der Waals surface area contributed by atoms with E-state index in [-0.39, 0.29) is 17.1 Å². The number of nitrogens with zero attached hydrogens (tertiary/aromatic N) is 1. The second-order valence-corrected chi connectivity index (χ2v) is 9.63. The molecule has 2 N–H and O–H groups in total. The van der Waals surface area contributed by atoms with Crippen LogP contribution in [0, 0.1) is 12.3 Å². The number of aryl methyl sites for hydroxylation is 1. The van der Waals surface area contributed by atoms with Gasteiger partial charge in [-0.15, -0.1) is 0 Å². The van der Waals surface area contributed by atoms with Crippen LogP contribution in [0.2, 0.25) is 0 Å². The van der Waals surface area contributed by atoms with Gasteiger partial charge in [-0.05, 0) is 43.9 Å². The number of carbonyl (C=O) groups is 2. The molecule has 1 aromatic heterocycles. The Hall–Kier alpha value is -3.61. The van der Waals surface area contributed by atoms with E-state index in [1.807, 2.05) is 38.1 Å². The van der Waals surface area contributed by atoms with Gasteiger partial charge < -0.3 is 20.1 Å². The van der Waals surface area contributed by atoms with Crippen molar-refractivity contribution in [1.82, 2.24) is 10.3 Å². The Morgan fingerprint density at radius 1 is 1.09 bits per heavy atom. The molecule has 0 bridgehead atoms. The van der Waals surface area contributed by atoms with Gasteiger partial charge in [0.05, 0.1) is 20.1 Å². The lowest BCUT2D eigenvalue weighted by atomic mass is 9.68. The van der Waals surface area contributed by atoms with E-state index in [0.29, 0.717) is 52.6 Å². The summed E-state index contributed by atoms with van der Waals surface area (Å²) < 4.78 is 11.3. The topological polar surface area (TPSA) is 89.5 Å². The molecule has 7 heteroatoms. The van der Waals surface area contributed by atoms with Gasteiger partial charge in [0, 0.05) is 40.2 Å². The summed E-state index contributed by atoms with van der Waals surface area (Å²) in [6.07, 6.45) is 1.12. The fourth-order valence-electron chi connectivity index (χ4n) is 4.98. The number of dihydropyridines is 1. The number of hydrogen-bond donors (Lipinski definition) is 2. The Bertz CT molecular complexity index is 1230. The van der Waals surface area contributed by atoms with E-state index in [0.717, 1.165) is 11.4 Å². The van der Waals surface area contributed by atoms with Crippen molar-refractivity contribution in [3.63, 3.8) is 0 Å². The molecule has 0 saturated carbocycles. The second-order valence-electron chi connectivity index (χ2n) is 9.63. The van der Waals surface area contributed by atoms with Crippen LogP contribution in [0.4, 0.5) is 5.82 Å². The molecule has 2 heterocycles. The van der Waals surface area contributed by atoms with Crippen LogP contribution >= 0.6 is 0 Å². The highest BCUT2D eigenvalue weighted by molar-refractivity contribution is 6.09. The van der Waals surface area contributed by atoms with Gasteiger partial charge in [0.2, 0.25) is 0 Å². The summed E-state index contributed by atoms with van der Waals surface area (Å²) >= 11 is 0. The Balaban J connectivity index is 1.89. The number of pyridine rings is 1. The van der Waals surface area contributed by atoms with E-state index in [2.05, 4.69) is 29.5 Å². The molecule has 4 rings (SSSR count). The van der Waals surface area contributed by atoms with Crippen LogP contribution in [0.1, 0.15) is 50.8 Å². The molecule has 1 amide bonds. The summed E-state index contributed by atoms with van der Waals surface area (Å²) in [6.45, 7) is 7.91. The quantitative estimate of drug-likeness (QED) is 0.674. The minimum absolute atomic E-state index is 0.0279. The molecule has 1 atom stereocenters. The van der Waals surface area contributed by atoms with Crippen LogP contribution in [0.3, 0.4) is 0 Å². The number of ketones is 1. The van der Waals surface area contributed by atoms with E-state index in [1.54, 1.807) is 26.4 Å². The van der Waals surface area contributed by atoms with Crippen LogP contribution < -0.4 is 20.1 Å². The SMILES string of the molecule is COc1cccc([C@H]2C(C(=O)Nc3cccc(C)n3)=C(C)NC3=C2C(=O)CC(C)(C)C3)c1OC. The number of methoxy groups -OCH3 is 2. The number of anilines is 1. The first-order valence-corrected chi connectivity index (χ1v) is 11.3. The number of rotatable bonds is 5. The number of aromatic nitrogens is 1. The molecule has 0 saturated heterocycles. The zero-order valence-electron chi connectivity index (χ0n) is 20.5. The largest absolute Gasteiger partial charge is 0.493 e. The number of ether oxygens (including phenoxy) is 2. The predicted octanol–water partition coefficient (Wildman–Crippen LogP) is 4.65. The highest BCUT2D eigenvalue weighted by Gasteiger charge is 2.43. The first-order valence-electron chi connectivity index (χ1n) is 11.3. The number of nitrogens with one attached hydrogen (secondary N) is 2. The van der Waals surface area contributed by atoms with Crippen LogP contribution in [-0.4, -0.2) is 30.9 Å². The molecule has 1 aliphatic carbocycles. The molecule has 2 aromatic rings. The molecule has 34 heavy (non-hydrogen) atoms. The van der Waals surface area contributed by atoms with Crippen molar-refractivity contribution in [2.24, 2.45) is 5.41 Å². The van der Waals surface area contributed by atoms with Gasteiger partial charge >= 0.3 is 0 Å². The smallest absolute Gasteiger partial charge is 0.255 e. The summed E-state index contributed by atoms with van der Waals surface area (Å²) in [5.74, 6) is 0.615. The van der Waals surface area contributed by atoms with Gasteiger partial charge in [-0.3, -0.25) is 9.59 Å². The lowest BCUT2D eigenvalue weighted by Crippen LogP contribution is -2.39. The van der Waals surface area contributed by atoms with E-state index < -0.39 is 5.92 Å². The minimum atomic E-state index is -0.602. The summed E-state index contributed by atoms with van der Waals surface area (Å²) in [4.78, 5) is 31.6. The maximum atomic E-state index is 13.7. The Kier molecular flexibility index (Phi) is 6.21. The molecule has 7 nitrogen and oxygen atoms in total. The summed E-state index contributed by atoms with van der Waals surface area (Å²) in [5.41, 5.74) is 3.97. The van der Waals surface area contributed by atoms with Crippen LogP contribution in [-0.2, 0) is 9.59 Å². The molecule has 0 radical (unpaired) electrons. The van der Waals surface area contributed by atoms with Gasteiger partial charge in [0.15, 0.2) is 17.3 Å². The minimum Gasteiger partial charge on any atom is -0.493 e. The highest BCUT2D eigenvalue weighted by Crippen LogP contribution is 2.50. The number of carbonyl (C=O) groups excluding carboxylic acids is 2. The maximum Gasteiger partial charge on any atom is 0.255 e. The zero-order chi connectivity index (χ0) is 24.6. The first-order chi connectivity index (χ1) is 16.1. The molecular weight excluding hydrogens is 430 g/mol. The fraction of sp³-hybridized carbons (Fsp3) is 0.370. The molecule has 178 valence electrons. The van der Waals surface area contributed by atoms with Gasteiger partial charge in [0.25, 0.3) is 5.91 Å². The van der Waals surface area contributed by atoms with Crippen molar-refractivity contribution >= 4 is 17.5 Å². The standard InChI is InChI=1S/C27H31N3O4/c1-15-9-7-12-21(28-15)30-26(32)22-16(2)29-18-13-27(3,4)14-19(31)24(18)23(22)17-10-8-11-20(33-5)25(17)34-6/h7-12,23,29H,13-14H2,1-6H3,(H,28,30,32)/t23-/m0/s1. The van der Waals surface area contributed by atoms with Crippen molar-refractivity contribution in [1.29, 1.82) is 0 Å². The third kappa shape index (κ3) is 4.30. The van der Waals surface area contributed by atoms with Crippen LogP contribution in [0.15, 0.2) is 58.9 Å². The summed E-state index contributed by atoms with van der Waals surface area (Å²) in [5, 5.41) is 6.30. The molecule has 0 spiro atoms. The Labute approximate surface area is 200 Å². The Morgan fingerprint density at radius 2 is 1.82 bits per heavy atom. The Morgan fingerprint density at radius 3 is 2.50 bits per heavy atom. The van der Waals surface area contributed by atoms with Crippen molar-refractivity contribution < 1.29 is 19.1 Å². The van der Waals surface area contributed by atoms with Gasteiger partial charge in [-0.25, -0.2) is 4.98 Å². The van der Waals surface area contributed by atoms with E-state index >= 15 is 0 Å². The number of hydrogen-bond acceptors (Lipinski definition) is 6. The predicted molar refractivity (Wildman–Crippen MR) is 131 cm³/mol. The maximum absolute atomic E-state index is 13.7. The molecular formula is C27H31N3O4. The highest BCUT2D eigenvalue weighted by atomic mass is 16.5. The van der Waals surface area contributed by atoms with Crippen LogP contribution in [0.5, 0.6) is 11.5 Å². The molecule has 2 aliphatic rings. The average molecular weight is 462 g/mol. The molecule has 0 fully saturated rings. The lowest BCUT2D eigenvalue weighted by Gasteiger charge is -2.40. The van der Waals surface area contributed by atoms with E-state index in [4.69, 9.17) is 9.47 Å². The molecule has 0 unspecified atom stereocenters.